The molecule has 2 rings (SSSR count). The second kappa shape index (κ2) is 4.37. The molecule has 0 aromatic rings. The average molecular weight is 219 g/mol. The van der Waals surface area contributed by atoms with Crippen LogP contribution >= 0.6 is 0 Å². The average Bonchev–Trinajstić information content (AvgIpc) is 2.82. The van der Waals surface area contributed by atoms with Crippen LogP contribution in [0, 0.1) is 5.41 Å². The summed E-state index contributed by atoms with van der Waals surface area (Å²) in [5, 5.41) is 0. The SMILES string of the molecule is CC1=CC(C)(CCN2CCCC2)C(C)=C1C. The van der Waals surface area contributed by atoms with Gasteiger partial charge in [-0.25, -0.2) is 0 Å². The van der Waals surface area contributed by atoms with Gasteiger partial charge in [-0.05, 0) is 65.2 Å². The summed E-state index contributed by atoms with van der Waals surface area (Å²) in [5.74, 6) is 0. The van der Waals surface area contributed by atoms with E-state index < -0.39 is 0 Å². The maximum Gasteiger partial charge on any atom is 0.00834 e. The minimum absolute atomic E-state index is 0.330. The smallest absolute Gasteiger partial charge is 0.00834 e. The zero-order valence-corrected chi connectivity index (χ0v) is 11.3. The van der Waals surface area contributed by atoms with Gasteiger partial charge in [0.2, 0.25) is 0 Å². The molecule has 0 saturated carbocycles. The number of hydrogen-bond donors (Lipinski definition) is 0. The molecule has 1 nitrogen and oxygen atoms in total. The van der Waals surface area contributed by atoms with Gasteiger partial charge in [0.15, 0.2) is 0 Å². The van der Waals surface area contributed by atoms with Gasteiger partial charge in [-0.1, -0.05) is 24.1 Å². The Morgan fingerprint density at radius 2 is 1.81 bits per heavy atom. The molecule has 0 bridgehead atoms. The molecular weight excluding hydrogens is 194 g/mol. The van der Waals surface area contributed by atoms with Crippen molar-refractivity contribution in [3.05, 3.63) is 22.8 Å². The standard InChI is InChI=1S/C15H25N/c1-12-11-15(4,14(3)13(12)2)7-10-16-8-5-6-9-16/h11H,5-10H2,1-4H3. The first-order valence-corrected chi connectivity index (χ1v) is 6.63. The fourth-order valence-electron chi connectivity index (χ4n) is 3.07. The monoisotopic (exact) mass is 219 g/mol. The molecule has 1 heteroatoms. The highest BCUT2D eigenvalue weighted by molar-refractivity contribution is 5.44. The first-order chi connectivity index (χ1) is 7.53. The van der Waals surface area contributed by atoms with Crippen molar-refractivity contribution in [1.29, 1.82) is 0 Å². The van der Waals surface area contributed by atoms with Crippen LogP contribution in [-0.4, -0.2) is 24.5 Å². The molecule has 1 fully saturated rings. The Morgan fingerprint density at radius 3 is 2.31 bits per heavy atom. The summed E-state index contributed by atoms with van der Waals surface area (Å²) in [6.07, 6.45) is 6.57. The van der Waals surface area contributed by atoms with E-state index in [1.165, 1.54) is 50.0 Å². The largest absolute Gasteiger partial charge is 0.303 e. The van der Waals surface area contributed by atoms with Crippen LogP contribution in [0.4, 0.5) is 0 Å². The first kappa shape index (κ1) is 11.9. The van der Waals surface area contributed by atoms with Gasteiger partial charge < -0.3 is 4.90 Å². The Balaban J connectivity index is 1.99. The van der Waals surface area contributed by atoms with Crippen LogP contribution in [0.25, 0.3) is 0 Å². The molecule has 0 amide bonds. The maximum absolute atomic E-state index is 2.62. The lowest BCUT2D eigenvalue weighted by atomic mass is 9.81. The van der Waals surface area contributed by atoms with E-state index in [-0.39, 0.29) is 0 Å². The van der Waals surface area contributed by atoms with Gasteiger partial charge in [0.25, 0.3) is 0 Å². The number of rotatable bonds is 3. The molecule has 90 valence electrons. The van der Waals surface area contributed by atoms with Crippen LogP contribution in [0.15, 0.2) is 22.8 Å². The summed E-state index contributed by atoms with van der Waals surface area (Å²) in [6, 6.07) is 0. The van der Waals surface area contributed by atoms with E-state index in [2.05, 4.69) is 38.7 Å². The Morgan fingerprint density at radius 1 is 1.19 bits per heavy atom. The summed E-state index contributed by atoms with van der Waals surface area (Å²) in [7, 11) is 0. The second-order valence-corrected chi connectivity index (χ2v) is 5.79. The van der Waals surface area contributed by atoms with Crippen molar-refractivity contribution < 1.29 is 0 Å². The van der Waals surface area contributed by atoms with E-state index >= 15 is 0 Å². The van der Waals surface area contributed by atoms with Gasteiger partial charge in [0, 0.05) is 5.41 Å². The fraction of sp³-hybridized carbons (Fsp3) is 0.733. The molecule has 0 aromatic carbocycles. The lowest BCUT2D eigenvalue weighted by Gasteiger charge is -2.27. The van der Waals surface area contributed by atoms with Crippen molar-refractivity contribution in [2.75, 3.05) is 19.6 Å². The van der Waals surface area contributed by atoms with Crippen LogP contribution < -0.4 is 0 Å². The molecule has 0 aromatic heterocycles. The molecule has 1 atom stereocenters. The Kier molecular flexibility index (Phi) is 3.25. The minimum Gasteiger partial charge on any atom is -0.303 e. The van der Waals surface area contributed by atoms with E-state index in [0.717, 1.165) is 0 Å². The highest BCUT2D eigenvalue weighted by Gasteiger charge is 2.31. The number of hydrogen-bond acceptors (Lipinski definition) is 1. The molecule has 16 heavy (non-hydrogen) atoms. The second-order valence-electron chi connectivity index (χ2n) is 5.79. The van der Waals surface area contributed by atoms with Crippen molar-refractivity contribution >= 4 is 0 Å². The van der Waals surface area contributed by atoms with Gasteiger partial charge in [-0.3, -0.25) is 0 Å². The third-order valence-corrected chi connectivity index (χ3v) is 4.69. The quantitative estimate of drug-likeness (QED) is 0.698. The van der Waals surface area contributed by atoms with E-state index in [1.807, 2.05) is 0 Å². The van der Waals surface area contributed by atoms with Crippen LogP contribution in [0.5, 0.6) is 0 Å². The van der Waals surface area contributed by atoms with E-state index in [9.17, 15) is 0 Å². The number of likely N-dealkylation sites (tertiary alicyclic amines) is 1. The van der Waals surface area contributed by atoms with Crippen molar-refractivity contribution in [2.24, 2.45) is 5.41 Å². The summed E-state index contributed by atoms with van der Waals surface area (Å²) < 4.78 is 0. The van der Waals surface area contributed by atoms with Crippen molar-refractivity contribution in [3.63, 3.8) is 0 Å². The summed E-state index contributed by atoms with van der Waals surface area (Å²) in [4.78, 5) is 2.62. The molecule has 0 radical (unpaired) electrons. The molecule has 0 N–H and O–H groups in total. The summed E-state index contributed by atoms with van der Waals surface area (Å²) in [6.45, 7) is 13.1. The summed E-state index contributed by atoms with van der Waals surface area (Å²) >= 11 is 0. The zero-order valence-electron chi connectivity index (χ0n) is 11.3. The molecule has 2 aliphatic rings. The van der Waals surface area contributed by atoms with Crippen LogP contribution in [0.1, 0.15) is 47.0 Å². The van der Waals surface area contributed by atoms with E-state index in [1.54, 1.807) is 5.57 Å². The van der Waals surface area contributed by atoms with Crippen molar-refractivity contribution in [2.45, 2.75) is 47.0 Å². The van der Waals surface area contributed by atoms with Gasteiger partial charge in [-0.2, -0.15) is 0 Å². The van der Waals surface area contributed by atoms with Crippen molar-refractivity contribution in [3.8, 4) is 0 Å². The summed E-state index contributed by atoms with van der Waals surface area (Å²) in [5.41, 5.74) is 4.92. The maximum atomic E-state index is 2.62. The van der Waals surface area contributed by atoms with Crippen LogP contribution in [0.3, 0.4) is 0 Å². The Labute approximate surface area is 100 Å². The zero-order chi connectivity index (χ0) is 11.8. The molecule has 1 aliphatic carbocycles. The molecule has 1 saturated heterocycles. The topological polar surface area (TPSA) is 3.24 Å². The van der Waals surface area contributed by atoms with Gasteiger partial charge in [0.1, 0.15) is 0 Å². The molecular formula is C15H25N. The highest BCUT2D eigenvalue weighted by Crippen LogP contribution is 2.43. The number of allylic oxidation sites excluding steroid dienone is 4. The van der Waals surface area contributed by atoms with Crippen LogP contribution in [0.2, 0.25) is 0 Å². The van der Waals surface area contributed by atoms with E-state index in [4.69, 9.17) is 0 Å². The molecule has 0 spiro atoms. The van der Waals surface area contributed by atoms with Gasteiger partial charge in [0.05, 0.1) is 0 Å². The molecule has 1 aliphatic heterocycles. The fourth-order valence-corrected chi connectivity index (χ4v) is 3.07. The number of nitrogens with zero attached hydrogens (tertiary/aromatic N) is 1. The normalized spacial score (nSPS) is 31.4. The molecule has 1 unspecified atom stereocenters. The Hall–Kier alpha value is -0.560. The Bertz CT molecular complexity index is 331. The van der Waals surface area contributed by atoms with Gasteiger partial charge >= 0.3 is 0 Å². The first-order valence-electron chi connectivity index (χ1n) is 6.63. The predicted octanol–water partition coefficient (Wildman–Crippen LogP) is 3.77. The third kappa shape index (κ3) is 2.10. The van der Waals surface area contributed by atoms with E-state index in [0.29, 0.717) is 5.41 Å². The third-order valence-electron chi connectivity index (χ3n) is 4.69. The van der Waals surface area contributed by atoms with Gasteiger partial charge in [-0.15, -0.1) is 0 Å². The lowest BCUT2D eigenvalue weighted by molar-refractivity contribution is 0.294. The lowest BCUT2D eigenvalue weighted by Crippen LogP contribution is -2.26. The van der Waals surface area contributed by atoms with Crippen molar-refractivity contribution in [1.82, 2.24) is 4.90 Å². The highest BCUT2D eigenvalue weighted by atomic mass is 15.1. The van der Waals surface area contributed by atoms with Crippen LogP contribution in [-0.2, 0) is 0 Å². The molecule has 1 heterocycles. The predicted molar refractivity (Wildman–Crippen MR) is 70.5 cm³/mol. The minimum atomic E-state index is 0.330.